The number of nitrogens with one attached hydrogen (secondary N) is 2. The molecule has 0 saturated heterocycles. The van der Waals surface area contributed by atoms with E-state index in [9.17, 15) is 32.1 Å². The second-order valence-electron chi connectivity index (χ2n) is 3.83. The SMILES string of the molecule is CNS(=O)(=O)CCNS(=O)(=O)c1ccc(O)c([N+](=O)[O-])c1. The van der Waals surface area contributed by atoms with Crippen molar-refractivity contribution in [2.45, 2.75) is 4.90 Å². The molecule has 21 heavy (non-hydrogen) atoms. The summed E-state index contributed by atoms with van der Waals surface area (Å²) in [4.78, 5) is 9.25. The molecule has 0 amide bonds. The van der Waals surface area contributed by atoms with Crippen LogP contribution in [0.2, 0.25) is 0 Å². The monoisotopic (exact) mass is 339 g/mol. The number of aromatic hydroxyl groups is 1. The Balaban J connectivity index is 2.94. The Morgan fingerprint density at radius 2 is 1.90 bits per heavy atom. The topological polar surface area (TPSA) is 156 Å². The third kappa shape index (κ3) is 4.63. The number of hydrogen-bond acceptors (Lipinski definition) is 7. The minimum atomic E-state index is -4.12. The first-order chi connectivity index (χ1) is 9.59. The van der Waals surface area contributed by atoms with Gasteiger partial charge in [0.25, 0.3) is 0 Å². The van der Waals surface area contributed by atoms with E-state index < -0.39 is 53.6 Å². The van der Waals surface area contributed by atoms with Gasteiger partial charge in [-0.3, -0.25) is 10.1 Å². The van der Waals surface area contributed by atoms with Gasteiger partial charge in [0.2, 0.25) is 20.0 Å². The molecular formula is C9H13N3O7S2. The summed E-state index contributed by atoms with van der Waals surface area (Å²) >= 11 is 0. The maximum absolute atomic E-state index is 11.9. The second kappa shape index (κ2) is 6.34. The summed E-state index contributed by atoms with van der Waals surface area (Å²) in [6, 6.07) is 2.53. The molecule has 3 N–H and O–H groups in total. The Bertz CT molecular complexity index is 743. The highest BCUT2D eigenvalue weighted by Crippen LogP contribution is 2.27. The number of benzene rings is 1. The van der Waals surface area contributed by atoms with Crippen LogP contribution < -0.4 is 9.44 Å². The summed E-state index contributed by atoms with van der Waals surface area (Å²) in [6.07, 6.45) is 0. The van der Waals surface area contributed by atoms with Crippen molar-refractivity contribution in [1.82, 2.24) is 9.44 Å². The highest BCUT2D eigenvalue weighted by molar-refractivity contribution is 7.90. The Labute approximate surface area is 121 Å². The van der Waals surface area contributed by atoms with Crippen LogP contribution in [0.25, 0.3) is 0 Å². The van der Waals surface area contributed by atoms with E-state index in [0.29, 0.717) is 6.07 Å². The van der Waals surface area contributed by atoms with Gasteiger partial charge in [-0.1, -0.05) is 0 Å². The van der Waals surface area contributed by atoms with Crippen LogP contribution in [0.3, 0.4) is 0 Å². The zero-order chi connectivity index (χ0) is 16.3. The van der Waals surface area contributed by atoms with Crippen molar-refractivity contribution < 1.29 is 26.9 Å². The molecule has 0 unspecified atom stereocenters. The fraction of sp³-hybridized carbons (Fsp3) is 0.333. The lowest BCUT2D eigenvalue weighted by molar-refractivity contribution is -0.386. The molecule has 0 radical (unpaired) electrons. The van der Waals surface area contributed by atoms with Gasteiger partial charge in [0, 0.05) is 12.6 Å². The highest BCUT2D eigenvalue weighted by atomic mass is 32.2. The van der Waals surface area contributed by atoms with Gasteiger partial charge >= 0.3 is 5.69 Å². The predicted octanol–water partition coefficient (Wildman–Crippen LogP) is -0.872. The maximum Gasteiger partial charge on any atom is 0.312 e. The lowest BCUT2D eigenvalue weighted by Gasteiger charge is -2.07. The molecule has 12 heteroatoms. The van der Waals surface area contributed by atoms with Gasteiger partial charge in [0.1, 0.15) is 0 Å². The van der Waals surface area contributed by atoms with Gasteiger partial charge in [-0.25, -0.2) is 26.3 Å². The molecule has 0 heterocycles. The second-order valence-corrected chi connectivity index (χ2v) is 7.64. The van der Waals surface area contributed by atoms with Crippen molar-refractivity contribution in [3.8, 4) is 5.75 Å². The predicted molar refractivity (Wildman–Crippen MR) is 72.8 cm³/mol. The van der Waals surface area contributed by atoms with E-state index in [0.717, 1.165) is 12.1 Å². The Kier molecular flexibility index (Phi) is 5.22. The number of nitrogens with zero attached hydrogens (tertiary/aromatic N) is 1. The number of nitro groups is 1. The van der Waals surface area contributed by atoms with E-state index in [1.165, 1.54) is 7.05 Å². The Hall–Kier alpha value is -1.76. The van der Waals surface area contributed by atoms with Crippen LogP contribution in [0.1, 0.15) is 0 Å². The van der Waals surface area contributed by atoms with Crippen molar-refractivity contribution in [2.24, 2.45) is 0 Å². The van der Waals surface area contributed by atoms with Crippen LogP contribution in [0.5, 0.6) is 5.75 Å². The summed E-state index contributed by atoms with van der Waals surface area (Å²) in [5, 5.41) is 19.9. The van der Waals surface area contributed by atoms with Gasteiger partial charge in [-0.05, 0) is 19.2 Å². The van der Waals surface area contributed by atoms with Gasteiger partial charge < -0.3 is 5.11 Å². The zero-order valence-electron chi connectivity index (χ0n) is 10.8. The lowest BCUT2D eigenvalue weighted by atomic mass is 10.3. The molecule has 0 atom stereocenters. The van der Waals surface area contributed by atoms with Crippen LogP contribution >= 0.6 is 0 Å². The molecule has 0 fully saturated rings. The third-order valence-corrected chi connectivity index (χ3v) is 5.25. The largest absolute Gasteiger partial charge is 0.502 e. The molecule has 0 spiro atoms. The average molecular weight is 339 g/mol. The van der Waals surface area contributed by atoms with Gasteiger partial charge in [0.05, 0.1) is 15.6 Å². The van der Waals surface area contributed by atoms with Crippen LogP contribution in [0.15, 0.2) is 23.1 Å². The number of phenolic OH excluding ortho intramolecular Hbond substituents is 1. The van der Waals surface area contributed by atoms with Crippen molar-refractivity contribution in [3.63, 3.8) is 0 Å². The molecule has 118 valence electrons. The third-order valence-electron chi connectivity index (χ3n) is 2.43. The van der Waals surface area contributed by atoms with Crippen LogP contribution in [-0.4, -0.2) is 46.2 Å². The van der Waals surface area contributed by atoms with Crippen molar-refractivity contribution in [1.29, 1.82) is 0 Å². The molecule has 0 saturated carbocycles. The van der Waals surface area contributed by atoms with Crippen LogP contribution in [-0.2, 0) is 20.0 Å². The van der Waals surface area contributed by atoms with Gasteiger partial charge in [-0.2, -0.15) is 0 Å². The molecule has 0 aliphatic rings. The molecule has 1 aromatic carbocycles. The fourth-order valence-corrected chi connectivity index (χ4v) is 3.07. The molecule has 0 aliphatic heterocycles. The van der Waals surface area contributed by atoms with E-state index in [4.69, 9.17) is 0 Å². The number of rotatable bonds is 7. The van der Waals surface area contributed by atoms with Crippen molar-refractivity contribution in [2.75, 3.05) is 19.3 Å². The number of phenols is 1. The maximum atomic E-state index is 11.9. The van der Waals surface area contributed by atoms with Gasteiger partial charge in [-0.15, -0.1) is 0 Å². The average Bonchev–Trinajstić information content (AvgIpc) is 2.38. The summed E-state index contributed by atoms with van der Waals surface area (Å²) in [5.74, 6) is -1.15. The summed E-state index contributed by atoms with van der Waals surface area (Å²) in [7, 11) is -6.51. The number of sulfonamides is 2. The summed E-state index contributed by atoms with van der Waals surface area (Å²) < 4.78 is 50.0. The molecule has 0 bridgehead atoms. The van der Waals surface area contributed by atoms with E-state index >= 15 is 0 Å². The Morgan fingerprint density at radius 3 is 2.43 bits per heavy atom. The molecule has 10 nitrogen and oxygen atoms in total. The smallest absolute Gasteiger partial charge is 0.312 e. The molecule has 0 aromatic heterocycles. The fourth-order valence-electron chi connectivity index (χ4n) is 1.31. The standard InChI is InChI=1S/C9H13N3O7S2/c1-10-20(16,17)5-4-11-21(18,19)7-2-3-9(13)8(6-7)12(14)15/h2-3,6,10-11,13H,4-5H2,1H3. The van der Waals surface area contributed by atoms with Crippen LogP contribution in [0, 0.1) is 10.1 Å². The first-order valence-electron chi connectivity index (χ1n) is 5.47. The molecule has 1 rings (SSSR count). The van der Waals surface area contributed by atoms with E-state index in [1.807, 2.05) is 9.44 Å². The van der Waals surface area contributed by atoms with Crippen LogP contribution in [0.4, 0.5) is 5.69 Å². The van der Waals surface area contributed by atoms with Crippen molar-refractivity contribution in [3.05, 3.63) is 28.3 Å². The quantitative estimate of drug-likeness (QED) is 0.430. The first-order valence-corrected chi connectivity index (χ1v) is 8.61. The van der Waals surface area contributed by atoms with Gasteiger partial charge in [0.15, 0.2) is 5.75 Å². The zero-order valence-corrected chi connectivity index (χ0v) is 12.4. The summed E-state index contributed by atoms with van der Waals surface area (Å²) in [6.45, 7) is -0.403. The lowest BCUT2D eigenvalue weighted by Crippen LogP contribution is -2.33. The first kappa shape index (κ1) is 17.3. The molecule has 0 aliphatic carbocycles. The molecular weight excluding hydrogens is 326 g/mol. The minimum Gasteiger partial charge on any atom is -0.502 e. The van der Waals surface area contributed by atoms with E-state index in [-0.39, 0.29) is 0 Å². The minimum absolute atomic E-state index is 0.403. The Morgan fingerprint density at radius 1 is 1.29 bits per heavy atom. The van der Waals surface area contributed by atoms with E-state index in [1.54, 1.807) is 0 Å². The van der Waals surface area contributed by atoms with E-state index in [2.05, 4.69) is 0 Å². The highest BCUT2D eigenvalue weighted by Gasteiger charge is 2.21. The number of hydrogen-bond donors (Lipinski definition) is 3. The normalized spacial score (nSPS) is 12.2. The summed E-state index contributed by atoms with van der Waals surface area (Å²) in [5.41, 5.74) is -0.763. The van der Waals surface area contributed by atoms with Crippen molar-refractivity contribution >= 4 is 25.7 Å². The number of nitro benzene ring substituents is 1. The molecule has 1 aromatic rings.